The van der Waals surface area contributed by atoms with Crippen LogP contribution in [0.2, 0.25) is 0 Å². The van der Waals surface area contributed by atoms with Gasteiger partial charge in [0.05, 0.1) is 0 Å². The van der Waals surface area contributed by atoms with Crippen molar-refractivity contribution in [2.24, 2.45) is 0 Å². The fourth-order valence-electron chi connectivity index (χ4n) is 3.01. The van der Waals surface area contributed by atoms with Gasteiger partial charge in [0, 0.05) is 19.1 Å². The summed E-state index contributed by atoms with van der Waals surface area (Å²) in [4.78, 5) is 0. The van der Waals surface area contributed by atoms with Gasteiger partial charge in [-0.3, -0.25) is 5.43 Å². The van der Waals surface area contributed by atoms with Gasteiger partial charge in [-0.05, 0) is 36.8 Å². The van der Waals surface area contributed by atoms with Crippen molar-refractivity contribution >= 4 is 0 Å². The first kappa shape index (κ1) is 10.3. The van der Waals surface area contributed by atoms with Gasteiger partial charge in [-0.1, -0.05) is 30.7 Å². The maximum Gasteiger partial charge on any atom is 0.0498 e. The highest BCUT2D eigenvalue weighted by Crippen LogP contribution is 2.35. The minimum Gasteiger partial charge on any atom is -0.255 e. The Bertz CT molecular complexity index is 354. The minimum absolute atomic E-state index is 0.620. The van der Waals surface area contributed by atoms with Crippen molar-refractivity contribution in [3.63, 3.8) is 0 Å². The zero-order valence-corrected chi connectivity index (χ0v) is 9.78. The summed E-state index contributed by atoms with van der Waals surface area (Å²) < 4.78 is 0. The lowest BCUT2D eigenvalue weighted by Gasteiger charge is -2.28. The highest BCUT2D eigenvalue weighted by atomic mass is 15.5. The zero-order chi connectivity index (χ0) is 10.8. The molecule has 2 heteroatoms. The lowest BCUT2D eigenvalue weighted by Crippen LogP contribution is -2.39. The Morgan fingerprint density at radius 1 is 1.12 bits per heavy atom. The van der Waals surface area contributed by atoms with Gasteiger partial charge in [0.2, 0.25) is 0 Å². The van der Waals surface area contributed by atoms with E-state index in [9.17, 15) is 0 Å². The van der Waals surface area contributed by atoms with Crippen LogP contribution in [-0.2, 0) is 6.42 Å². The van der Waals surface area contributed by atoms with Crippen LogP contribution in [0.4, 0.5) is 0 Å². The standard InChI is InChI=1S/C14H20N2/c1-4-10-15-16(11-5-1)14-9-8-12-6-2-3-7-13(12)14/h2-3,6-7,14-15H,1,4-5,8-11H2. The number of hydrogen-bond donors (Lipinski definition) is 1. The first-order chi connectivity index (χ1) is 7.95. The monoisotopic (exact) mass is 216 g/mol. The van der Waals surface area contributed by atoms with E-state index in [0.717, 1.165) is 6.54 Å². The van der Waals surface area contributed by atoms with Crippen LogP contribution in [0.5, 0.6) is 0 Å². The number of nitrogens with one attached hydrogen (secondary N) is 1. The largest absolute Gasteiger partial charge is 0.255 e. The van der Waals surface area contributed by atoms with Crippen molar-refractivity contribution in [3.8, 4) is 0 Å². The van der Waals surface area contributed by atoms with Crippen LogP contribution in [0.15, 0.2) is 24.3 Å². The van der Waals surface area contributed by atoms with E-state index in [1.807, 2.05) is 0 Å². The van der Waals surface area contributed by atoms with Crippen molar-refractivity contribution in [2.75, 3.05) is 13.1 Å². The van der Waals surface area contributed by atoms with Crippen LogP contribution >= 0.6 is 0 Å². The van der Waals surface area contributed by atoms with E-state index in [0.29, 0.717) is 6.04 Å². The molecule has 1 aliphatic heterocycles. The number of aryl methyl sites for hydroxylation is 1. The zero-order valence-electron chi connectivity index (χ0n) is 9.78. The summed E-state index contributed by atoms with van der Waals surface area (Å²) in [7, 11) is 0. The van der Waals surface area contributed by atoms with Crippen molar-refractivity contribution in [1.29, 1.82) is 0 Å². The second-order valence-electron chi connectivity index (χ2n) is 4.92. The molecule has 1 aliphatic carbocycles. The van der Waals surface area contributed by atoms with E-state index in [-0.39, 0.29) is 0 Å². The Morgan fingerprint density at radius 2 is 2.06 bits per heavy atom. The molecular formula is C14H20N2. The highest BCUT2D eigenvalue weighted by molar-refractivity contribution is 5.34. The molecule has 1 atom stereocenters. The summed E-state index contributed by atoms with van der Waals surface area (Å²) in [6, 6.07) is 9.55. The third kappa shape index (κ3) is 1.87. The van der Waals surface area contributed by atoms with Crippen LogP contribution in [0.25, 0.3) is 0 Å². The number of hydrogen-bond acceptors (Lipinski definition) is 2. The van der Waals surface area contributed by atoms with Crippen LogP contribution in [-0.4, -0.2) is 18.1 Å². The molecule has 0 aromatic heterocycles. The third-order valence-electron chi connectivity index (χ3n) is 3.87. The fourth-order valence-corrected chi connectivity index (χ4v) is 3.01. The first-order valence-corrected chi connectivity index (χ1v) is 6.53. The predicted molar refractivity (Wildman–Crippen MR) is 66.1 cm³/mol. The summed E-state index contributed by atoms with van der Waals surface area (Å²) in [6.07, 6.45) is 6.57. The van der Waals surface area contributed by atoms with E-state index in [2.05, 4.69) is 34.7 Å². The van der Waals surface area contributed by atoms with Crippen molar-refractivity contribution in [1.82, 2.24) is 10.4 Å². The molecule has 0 bridgehead atoms. The second kappa shape index (κ2) is 4.56. The summed E-state index contributed by atoms with van der Waals surface area (Å²) in [5.41, 5.74) is 6.70. The minimum atomic E-state index is 0.620. The number of fused-ring (bicyclic) bond motifs is 1. The molecule has 1 N–H and O–H groups in total. The molecule has 3 rings (SSSR count). The predicted octanol–water partition coefficient (Wildman–Crippen LogP) is 2.66. The molecule has 1 aromatic rings. The number of hydrazine groups is 1. The van der Waals surface area contributed by atoms with Gasteiger partial charge in [0.15, 0.2) is 0 Å². The third-order valence-corrected chi connectivity index (χ3v) is 3.87. The second-order valence-corrected chi connectivity index (χ2v) is 4.92. The van der Waals surface area contributed by atoms with Gasteiger partial charge < -0.3 is 0 Å². The lowest BCUT2D eigenvalue weighted by molar-refractivity contribution is 0.133. The SMILES string of the molecule is c1ccc2c(c1)CCC2N1CCCCCN1. The van der Waals surface area contributed by atoms with E-state index >= 15 is 0 Å². The molecule has 2 aliphatic rings. The van der Waals surface area contributed by atoms with Crippen molar-refractivity contribution < 1.29 is 0 Å². The van der Waals surface area contributed by atoms with E-state index in [1.165, 1.54) is 38.6 Å². The van der Waals surface area contributed by atoms with Gasteiger partial charge in [0.1, 0.15) is 0 Å². The molecule has 0 saturated carbocycles. The van der Waals surface area contributed by atoms with Gasteiger partial charge in [0.25, 0.3) is 0 Å². The maximum absolute atomic E-state index is 3.60. The molecule has 1 fully saturated rings. The summed E-state index contributed by atoms with van der Waals surface area (Å²) in [6.45, 7) is 2.36. The van der Waals surface area contributed by atoms with Crippen LogP contribution < -0.4 is 5.43 Å². The lowest BCUT2D eigenvalue weighted by atomic mass is 10.1. The number of rotatable bonds is 1. The van der Waals surface area contributed by atoms with Crippen LogP contribution in [0, 0.1) is 0 Å². The van der Waals surface area contributed by atoms with Crippen LogP contribution in [0.3, 0.4) is 0 Å². The van der Waals surface area contributed by atoms with Crippen molar-refractivity contribution in [2.45, 2.75) is 38.1 Å². The van der Waals surface area contributed by atoms with E-state index in [1.54, 1.807) is 11.1 Å². The highest BCUT2D eigenvalue weighted by Gasteiger charge is 2.27. The van der Waals surface area contributed by atoms with Gasteiger partial charge >= 0.3 is 0 Å². The summed E-state index contributed by atoms with van der Waals surface area (Å²) in [5, 5.41) is 2.48. The molecular weight excluding hydrogens is 196 g/mol. The van der Waals surface area contributed by atoms with Crippen LogP contribution in [0.1, 0.15) is 42.9 Å². The van der Waals surface area contributed by atoms with E-state index < -0.39 is 0 Å². The Labute approximate surface area is 97.6 Å². The molecule has 2 nitrogen and oxygen atoms in total. The molecule has 0 amide bonds. The molecule has 1 unspecified atom stereocenters. The van der Waals surface area contributed by atoms with Gasteiger partial charge in [-0.2, -0.15) is 0 Å². The number of nitrogens with zero attached hydrogens (tertiary/aromatic N) is 1. The average Bonchev–Trinajstić information content (AvgIpc) is 2.57. The molecule has 1 heterocycles. The Hall–Kier alpha value is -0.860. The molecule has 0 spiro atoms. The quantitative estimate of drug-likeness (QED) is 0.776. The molecule has 1 aromatic carbocycles. The molecule has 16 heavy (non-hydrogen) atoms. The van der Waals surface area contributed by atoms with Gasteiger partial charge in [-0.25, -0.2) is 5.01 Å². The van der Waals surface area contributed by atoms with Gasteiger partial charge in [-0.15, -0.1) is 0 Å². The van der Waals surface area contributed by atoms with Crippen molar-refractivity contribution in [3.05, 3.63) is 35.4 Å². The first-order valence-electron chi connectivity index (χ1n) is 6.53. The normalized spacial score (nSPS) is 26.4. The molecule has 86 valence electrons. The van der Waals surface area contributed by atoms with E-state index in [4.69, 9.17) is 0 Å². The topological polar surface area (TPSA) is 15.3 Å². The fraction of sp³-hybridized carbons (Fsp3) is 0.571. The molecule has 0 radical (unpaired) electrons. The average molecular weight is 216 g/mol. The maximum atomic E-state index is 3.60. The Kier molecular flexibility index (Phi) is 2.94. The molecule has 1 saturated heterocycles. The summed E-state index contributed by atoms with van der Waals surface area (Å²) in [5.74, 6) is 0. The Balaban J connectivity index is 1.80. The Morgan fingerprint density at radius 3 is 3.06 bits per heavy atom. The smallest absolute Gasteiger partial charge is 0.0498 e. The number of benzene rings is 1. The summed E-state index contributed by atoms with van der Waals surface area (Å²) >= 11 is 0.